The zero-order valence-corrected chi connectivity index (χ0v) is 10.8. The van der Waals surface area contributed by atoms with Gasteiger partial charge in [0.15, 0.2) is 0 Å². The molecule has 2 aromatic rings. The van der Waals surface area contributed by atoms with Gasteiger partial charge in [-0.2, -0.15) is 0 Å². The lowest BCUT2D eigenvalue weighted by Crippen LogP contribution is -2.01. The van der Waals surface area contributed by atoms with E-state index < -0.39 is 5.97 Å². The normalized spacial score (nSPS) is 13.3. The summed E-state index contributed by atoms with van der Waals surface area (Å²) < 4.78 is 0. The van der Waals surface area contributed by atoms with Crippen molar-refractivity contribution >= 4 is 17.8 Å². The Morgan fingerprint density at radius 1 is 1.05 bits per heavy atom. The molecule has 0 fully saturated rings. The van der Waals surface area contributed by atoms with Gasteiger partial charge in [0.1, 0.15) is 0 Å². The molecular weight excluding hydrogens is 250 g/mol. The number of aliphatic imine (C=N–C) groups is 1. The van der Waals surface area contributed by atoms with Gasteiger partial charge in [-0.1, -0.05) is 48.5 Å². The Hall–Kier alpha value is -2.68. The number of aromatic carboxylic acids is 1. The summed E-state index contributed by atoms with van der Waals surface area (Å²) in [7, 11) is 0. The molecule has 0 atom stereocenters. The smallest absolute Gasteiger partial charge is 0.336 e. The molecule has 1 aliphatic rings. The number of carboxylic acid groups (broad SMARTS) is 1. The largest absolute Gasteiger partial charge is 0.478 e. The topological polar surface area (TPSA) is 49.7 Å². The van der Waals surface area contributed by atoms with Gasteiger partial charge in [0, 0.05) is 6.21 Å². The van der Waals surface area contributed by atoms with Crippen LogP contribution in [0.1, 0.15) is 15.9 Å². The lowest BCUT2D eigenvalue weighted by Gasteiger charge is -2.09. The maximum atomic E-state index is 11.5. The summed E-state index contributed by atoms with van der Waals surface area (Å²) in [5.41, 5.74) is 3.83. The Labute approximate surface area is 116 Å². The Balaban J connectivity index is 2.12. The SMILES string of the molecule is O=C(O)c1cc(C2=CCN=C2)ccc1-c1ccccc1. The predicted octanol–water partition coefficient (Wildman–Crippen LogP) is 3.52. The van der Waals surface area contributed by atoms with Crippen molar-refractivity contribution in [1.82, 2.24) is 0 Å². The fraction of sp³-hybridized carbons (Fsp3) is 0.0588. The van der Waals surface area contributed by atoms with Gasteiger partial charge in [-0.25, -0.2) is 4.79 Å². The zero-order chi connectivity index (χ0) is 13.9. The minimum atomic E-state index is -0.916. The molecule has 3 rings (SSSR count). The van der Waals surface area contributed by atoms with Crippen LogP contribution in [0.2, 0.25) is 0 Å². The van der Waals surface area contributed by atoms with E-state index in [0.717, 1.165) is 22.3 Å². The summed E-state index contributed by atoms with van der Waals surface area (Å²) in [6, 6.07) is 15.1. The Bertz CT molecular complexity index is 715. The number of hydrogen-bond donors (Lipinski definition) is 1. The number of carboxylic acids is 1. The molecular formula is C17H13NO2. The molecule has 2 aromatic carbocycles. The second kappa shape index (κ2) is 5.13. The van der Waals surface area contributed by atoms with E-state index in [-0.39, 0.29) is 0 Å². The van der Waals surface area contributed by atoms with Crippen LogP contribution >= 0.6 is 0 Å². The maximum Gasteiger partial charge on any atom is 0.336 e. The minimum absolute atomic E-state index is 0.315. The van der Waals surface area contributed by atoms with Gasteiger partial charge in [0.2, 0.25) is 0 Å². The van der Waals surface area contributed by atoms with Gasteiger partial charge in [-0.15, -0.1) is 0 Å². The van der Waals surface area contributed by atoms with Crippen LogP contribution in [-0.4, -0.2) is 23.8 Å². The summed E-state index contributed by atoms with van der Waals surface area (Å²) in [5.74, 6) is -0.916. The van der Waals surface area contributed by atoms with Crippen LogP contribution in [0.4, 0.5) is 0 Å². The molecule has 0 spiro atoms. The highest BCUT2D eigenvalue weighted by atomic mass is 16.4. The molecule has 1 heterocycles. The first-order chi connectivity index (χ1) is 9.75. The molecule has 0 radical (unpaired) electrons. The molecule has 1 N–H and O–H groups in total. The third-order valence-corrected chi connectivity index (χ3v) is 3.32. The van der Waals surface area contributed by atoms with Gasteiger partial charge >= 0.3 is 5.97 Å². The van der Waals surface area contributed by atoms with Crippen molar-refractivity contribution in [3.8, 4) is 11.1 Å². The first-order valence-electron chi connectivity index (χ1n) is 6.39. The highest BCUT2D eigenvalue weighted by Crippen LogP contribution is 2.27. The fourth-order valence-corrected chi connectivity index (χ4v) is 2.32. The molecule has 0 aliphatic carbocycles. The average Bonchev–Trinajstić information content (AvgIpc) is 3.02. The first kappa shape index (κ1) is 12.4. The van der Waals surface area contributed by atoms with E-state index in [9.17, 15) is 9.90 Å². The van der Waals surface area contributed by atoms with Crippen molar-refractivity contribution in [1.29, 1.82) is 0 Å². The minimum Gasteiger partial charge on any atom is -0.478 e. The molecule has 0 unspecified atom stereocenters. The van der Waals surface area contributed by atoms with Crippen LogP contribution in [0.25, 0.3) is 16.7 Å². The van der Waals surface area contributed by atoms with Gasteiger partial charge in [-0.05, 0) is 28.3 Å². The third-order valence-electron chi connectivity index (χ3n) is 3.32. The van der Waals surface area contributed by atoms with Crippen LogP contribution in [0.15, 0.2) is 59.6 Å². The van der Waals surface area contributed by atoms with Crippen molar-refractivity contribution in [2.75, 3.05) is 6.54 Å². The lowest BCUT2D eigenvalue weighted by molar-refractivity contribution is 0.0697. The van der Waals surface area contributed by atoms with E-state index >= 15 is 0 Å². The summed E-state index contributed by atoms with van der Waals surface area (Å²) in [5, 5.41) is 9.44. The van der Waals surface area contributed by atoms with E-state index in [1.54, 1.807) is 12.3 Å². The molecule has 3 nitrogen and oxygen atoms in total. The number of nitrogens with zero attached hydrogens (tertiary/aromatic N) is 1. The molecule has 3 heteroatoms. The number of allylic oxidation sites excluding steroid dienone is 1. The molecule has 98 valence electrons. The van der Waals surface area contributed by atoms with E-state index in [1.807, 2.05) is 48.5 Å². The maximum absolute atomic E-state index is 11.5. The molecule has 0 bridgehead atoms. The Morgan fingerprint density at radius 2 is 1.85 bits per heavy atom. The number of hydrogen-bond acceptors (Lipinski definition) is 2. The quantitative estimate of drug-likeness (QED) is 0.921. The van der Waals surface area contributed by atoms with Crippen molar-refractivity contribution in [2.24, 2.45) is 4.99 Å². The van der Waals surface area contributed by atoms with Crippen molar-refractivity contribution in [3.63, 3.8) is 0 Å². The highest BCUT2D eigenvalue weighted by Gasteiger charge is 2.14. The number of benzene rings is 2. The van der Waals surface area contributed by atoms with Gasteiger partial charge in [0.25, 0.3) is 0 Å². The van der Waals surface area contributed by atoms with Crippen LogP contribution in [0, 0.1) is 0 Å². The van der Waals surface area contributed by atoms with Gasteiger partial charge < -0.3 is 5.11 Å². The first-order valence-corrected chi connectivity index (χ1v) is 6.39. The van der Waals surface area contributed by atoms with Crippen LogP contribution in [-0.2, 0) is 0 Å². The third kappa shape index (κ3) is 2.26. The molecule has 1 aliphatic heterocycles. The summed E-state index contributed by atoms with van der Waals surface area (Å²) in [6.45, 7) is 0.665. The van der Waals surface area contributed by atoms with Gasteiger partial charge in [-0.3, -0.25) is 4.99 Å². The second-order valence-corrected chi connectivity index (χ2v) is 4.59. The lowest BCUT2D eigenvalue weighted by atomic mass is 9.95. The van der Waals surface area contributed by atoms with Crippen LogP contribution < -0.4 is 0 Å². The highest BCUT2D eigenvalue weighted by molar-refractivity contribution is 6.12. The summed E-state index contributed by atoms with van der Waals surface area (Å²) in [6.07, 6.45) is 3.77. The van der Waals surface area contributed by atoms with Gasteiger partial charge in [0.05, 0.1) is 12.1 Å². The van der Waals surface area contributed by atoms with E-state index in [0.29, 0.717) is 12.1 Å². The molecule has 0 saturated heterocycles. The molecule has 0 saturated carbocycles. The standard InChI is InChI=1S/C17H13NO2/c19-17(20)16-10-13(14-8-9-18-11-14)6-7-15(16)12-4-2-1-3-5-12/h1-8,10-11H,9H2,(H,19,20). The van der Waals surface area contributed by atoms with E-state index in [2.05, 4.69) is 4.99 Å². The van der Waals surface area contributed by atoms with Crippen molar-refractivity contribution < 1.29 is 9.90 Å². The zero-order valence-electron chi connectivity index (χ0n) is 10.8. The summed E-state index contributed by atoms with van der Waals surface area (Å²) >= 11 is 0. The fourth-order valence-electron chi connectivity index (χ4n) is 2.32. The number of carbonyl (C=O) groups is 1. The molecule has 0 aromatic heterocycles. The monoisotopic (exact) mass is 263 g/mol. The van der Waals surface area contributed by atoms with E-state index in [1.165, 1.54) is 0 Å². The van der Waals surface area contributed by atoms with Crippen molar-refractivity contribution in [3.05, 3.63) is 65.7 Å². The summed E-state index contributed by atoms with van der Waals surface area (Å²) in [4.78, 5) is 15.6. The van der Waals surface area contributed by atoms with Crippen molar-refractivity contribution in [2.45, 2.75) is 0 Å². The second-order valence-electron chi connectivity index (χ2n) is 4.59. The predicted molar refractivity (Wildman–Crippen MR) is 80.2 cm³/mol. The number of rotatable bonds is 3. The Kier molecular flexibility index (Phi) is 3.17. The molecule has 20 heavy (non-hydrogen) atoms. The van der Waals surface area contributed by atoms with Crippen LogP contribution in [0.5, 0.6) is 0 Å². The molecule has 0 amide bonds. The average molecular weight is 263 g/mol. The Morgan fingerprint density at radius 3 is 2.50 bits per heavy atom. The van der Waals surface area contributed by atoms with Crippen LogP contribution in [0.3, 0.4) is 0 Å². The van der Waals surface area contributed by atoms with E-state index in [4.69, 9.17) is 0 Å².